The average Bonchev–Trinajstić information content (AvgIpc) is 2.53. The zero-order chi connectivity index (χ0) is 12.8. The van der Waals surface area contributed by atoms with E-state index >= 15 is 0 Å². The van der Waals surface area contributed by atoms with Crippen molar-refractivity contribution in [2.24, 2.45) is 11.3 Å². The Balaban J connectivity index is 2.39. The highest BCUT2D eigenvalue weighted by molar-refractivity contribution is 5.91. The van der Waals surface area contributed by atoms with E-state index in [4.69, 9.17) is 4.74 Å². The molecule has 2 rings (SSSR count). The molecule has 2 heteroatoms. The zero-order valence-electron chi connectivity index (χ0n) is 10.9. The minimum atomic E-state index is -0.154. The Morgan fingerprint density at radius 1 is 1.59 bits per heavy atom. The molecule has 1 heterocycles. The number of hydrogen-bond donors (Lipinski definition) is 0. The predicted molar refractivity (Wildman–Crippen MR) is 68.4 cm³/mol. The van der Waals surface area contributed by atoms with Gasteiger partial charge in [-0.15, -0.1) is 6.58 Å². The predicted octanol–water partition coefficient (Wildman–Crippen LogP) is 3.41. The molecule has 92 valence electrons. The highest BCUT2D eigenvalue weighted by Gasteiger charge is 2.46. The summed E-state index contributed by atoms with van der Waals surface area (Å²) >= 11 is 0. The maximum atomic E-state index is 11.6. The van der Waals surface area contributed by atoms with Crippen LogP contribution in [0.3, 0.4) is 0 Å². The van der Waals surface area contributed by atoms with Crippen molar-refractivity contribution in [1.29, 1.82) is 0 Å². The second-order valence-electron chi connectivity index (χ2n) is 5.56. The Bertz CT molecular complexity index is 430. The number of hydrogen-bond acceptors (Lipinski definition) is 2. The summed E-state index contributed by atoms with van der Waals surface area (Å²) in [5.74, 6) is 0.203. The third-order valence-corrected chi connectivity index (χ3v) is 4.33. The summed E-state index contributed by atoms with van der Waals surface area (Å²) in [6, 6.07) is 0. The largest absolute Gasteiger partial charge is 0.454 e. The fourth-order valence-electron chi connectivity index (χ4n) is 3.07. The van der Waals surface area contributed by atoms with E-state index in [2.05, 4.69) is 27.0 Å². The van der Waals surface area contributed by atoms with Crippen molar-refractivity contribution in [3.05, 3.63) is 36.0 Å². The molecule has 3 atom stereocenters. The first-order chi connectivity index (χ1) is 7.89. The molecule has 0 radical (unpaired) electrons. The summed E-state index contributed by atoms with van der Waals surface area (Å²) in [7, 11) is 0. The van der Waals surface area contributed by atoms with E-state index in [1.165, 1.54) is 5.57 Å². The van der Waals surface area contributed by atoms with Crippen LogP contribution < -0.4 is 0 Å². The molecule has 0 amide bonds. The minimum absolute atomic E-state index is 0.0229. The third-order valence-electron chi connectivity index (χ3n) is 4.33. The van der Waals surface area contributed by atoms with Gasteiger partial charge in [0.15, 0.2) is 0 Å². The van der Waals surface area contributed by atoms with E-state index in [0.29, 0.717) is 5.92 Å². The van der Waals surface area contributed by atoms with Gasteiger partial charge in [0.1, 0.15) is 6.10 Å². The molecule has 0 aromatic rings. The molecule has 1 aliphatic heterocycles. The van der Waals surface area contributed by atoms with Crippen LogP contribution in [0, 0.1) is 11.3 Å². The fraction of sp³-hybridized carbons (Fsp3) is 0.533. The van der Waals surface area contributed by atoms with Gasteiger partial charge in [-0.25, -0.2) is 4.79 Å². The van der Waals surface area contributed by atoms with Crippen LogP contribution in [-0.2, 0) is 9.53 Å². The van der Waals surface area contributed by atoms with Crippen LogP contribution in [0.4, 0.5) is 0 Å². The summed E-state index contributed by atoms with van der Waals surface area (Å²) in [6.45, 7) is 14.1. The van der Waals surface area contributed by atoms with Gasteiger partial charge in [0.25, 0.3) is 0 Å². The second-order valence-corrected chi connectivity index (χ2v) is 5.56. The van der Waals surface area contributed by atoms with Gasteiger partial charge in [-0.3, -0.25) is 0 Å². The van der Waals surface area contributed by atoms with E-state index < -0.39 is 0 Å². The number of fused-ring (bicyclic) bond motifs is 1. The van der Waals surface area contributed by atoms with Crippen molar-refractivity contribution in [2.75, 3.05) is 0 Å². The second kappa shape index (κ2) is 3.86. The van der Waals surface area contributed by atoms with E-state index in [1.807, 2.05) is 13.0 Å². The van der Waals surface area contributed by atoms with Crippen molar-refractivity contribution in [1.82, 2.24) is 0 Å². The maximum Gasteiger partial charge on any atom is 0.334 e. The van der Waals surface area contributed by atoms with Crippen molar-refractivity contribution < 1.29 is 9.53 Å². The van der Waals surface area contributed by atoms with Gasteiger partial charge in [-0.1, -0.05) is 25.2 Å². The highest BCUT2D eigenvalue weighted by atomic mass is 16.5. The van der Waals surface area contributed by atoms with Crippen molar-refractivity contribution >= 4 is 5.97 Å². The Hall–Kier alpha value is -1.31. The Labute approximate surface area is 103 Å². The number of allylic oxidation sites excluding steroid dienone is 2. The summed E-state index contributed by atoms with van der Waals surface area (Å²) in [5.41, 5.74) is 3.10. The molecule has 1 fully saturated rings. The lowest BCUT2D eigenvalue weighted by molar-refractivity contribution is -0.141. The molecule has 2 nitrogen and oxygen atoms in total. The van der Waals surface area contributed by atoms with Crippen LogP contribution in [-0.4, -0.2) is 12.1 Å². The smallest absolute Gasteiger partial charge is 0.334 e. The molecule has 0 N–H and O–H groups in total. The van der Waals surface area contributed by atoms with Crippen LogP contribution in [0.15, 0.2) is 36.0 Å². The Morgan fingerprint density at radius 2 is 2.24 bits per heavy atom. The molecular weight excluding hydrogens is 212 g/mol. The Kier molecular flexibility index (Phi) is 2.76. The molecule has 1 aliphatic carbocycles. The molecule has 0 unspecified atom stereocenters. The number of carbonyl (C=O) groups excluding carboxylic acids is 1. The van der Waals surface area contributed by atoms with Crippen molar-refractivity contribution in [3.8, 4) is 0 Å². The molecule has 2 aliphatic rings. The molecule has 0 spiro atoms. The van der Waals surface area contributed by atoms with E-state index in [1.54, 1.807) is 0 Å². The van der Waals surface area contributed by atoms with Crippen molar-refractivity contribution in [2.45, 2.75) is 39.7 Å². The summed E-state index contributed by atoms with van der Waals surface area (Å²) in [5, 5.41) is 0. The summed E-state index contributed by atoms with van der Waals surface area (Å²) in [6.07, 6.45) is 3.65. The first-order valence-electron chi connectivity index (χ1n) is 6.08. The number of rotatable bonds is 2. The molecule has 0 aromatic carbocycles. The molecule has 0 bridgehead atoms. The molecular formula is C15H20O2. The molecule has 1 saturated carbocycles. The lowest BCUT2D eigenvalue weighted by Crippen LogP contribution is -2.37. The summed E-state index contributed by atoms with van der Waals surface area (Å²) < 4.78 is 5.41. The number of carbonyl (C=O) groups is 1. The third kappa shape index (κ3) is 1.76. The molecule has 17 heavy (non-hydrogen) atoms. The van der Waals surface area contributed by atoms with Gasteiger partial charge in [0, 0.05) is 5.57 Å². The van der Waals surface area contributed by atoms with Gasteiger partial charge in [-0.05, 0) is 43.6 Å². The van der Waals surface area contributed by atoms with Crippen LogP contribution in [0.25, 0.3) is 0 Å². The summed E-state index contributed by atoms with van der Waals surface area (Å²) in [4.78, 5) is 11.6. The van der Waals surface area contributed by atoms with Gasteiger partial charge in [0.2, 0.25) is 0 Å². The van der Waals surface area contributed by atoms with Crippen LogP contribution in [0.1, 0.15) is 33.6 Å². The number of esters is 1. The first-order valence-corrected chi connectivity index (χ1v) is 6.08. The van der Waals surface area contributed by atoms with Gasteiger partial charge >= 0.3 is 5.97 Å². The van der Waals surface area contributed by atoms with Gasteiger partial charge < -0.3 is 4.74 Å². The topological polar surface area (TPSA) is 26.3 Å². The SMILES string of the molecule is C=C[C@]1(C)C[C@H]2OC(=O)C(C)=C2C[C@H]1C(=C)C. The van der Waals surface area contributed by atoms with Crippen LogP contribution in [0.2, 0.25) is 0 Å². The zero-order valence-corrected chi connectivity index (χ0v) is 10.9. The average molecular weight is 232 g/mol. The standard InChI is InChI=1S/C15H20O2/c1-6-15(5)8-13-11(7-12(15)9(2)3)10(4)14(16)17-13/h6,12-13H,1-2,7-8H2,3-5H3/t12-,13+,15+/m0/s1. The fourth-order valence-corrected chi connectivity index (χ4v) is 3.07. The van der Waals surface area contributed by atoms with E-state index in [9.17, 15) is 4.79 Å². The van der Waals surface area contributed by atoms with E-state index in [-0.39, 0.29) is 17.5 Å². The maximum absolute atomic E-state index is 11.6. The normalized spacial score (nSPS) is 36.5. The highest BCUT2D eigenvalue weighted by Crippen LogP contribution is 2.50. The van der Waals surface area contributed by atoms with Gasteiger partial charge in [-0.2, -0.15) is 0 Å². The lowest BCUT2D eigenvalue weighted by Gasteiger charge is -2.42. The van der Waals surface area contributed by atoms with Gasteiger partial charge in [0.05, 0.1) is 0 Å². The monoisotopic (exact) mass is 232 g/mol. The molecule has 0 saturated heterocycles. The molecule has 0 aromatic heterocycles. The Morgan fingerprint density at radius 3 is 2.76 bits per heavy atom. The van der Waals surface area contributed by atoms with E-state index in [0.717, 1.165) is 24.0 Å². The van der Waals surface area contributed by atoms with Crippen molar-refractivity contribution in [3.63, 3.8) is 0 Å². The number of ether oxygens (including phenoxy) is 1. The quantitative estimate of drug-likeness (QED) is 0.538. The van der Waals surface area contributed by atoms with Crippen LogP contribution in [0.5, 0.6) is 0 Å². The lowest BCUT2D eigenvalue weighted by atomic mass is 9.63. The van der Waals surface area contributed by atoms with Crippen LogP contribution >= 0.6 is 0 Å². The first kappa shape index (κ1) is 12.2. The minimum Gasteiger partial charge on any atom is -0.454 e.